The van der Waals surface area contributed by atoms with Crippen LogP contribution in [-0.4, -0.2) is 17.8 Å². The summed E-state index contributed by atoms with van der Waals surface area (Å²) >= 11 is 0. The van der Waals surface area contributed by atoms with E-state index in [9.17, 15) is 0 Å². The van der Waals surface area contributed by atoms with E-state index in [0.29, 0.717) is 0 Å². The molecule has 0 spiro atoms. The van der Waals surface area contributed by atoms with Gasteiger partial charge in [0.15, 0.2) is 0 Å². The van der Waals surface area contributed by atoms with Gasteiger partial charge < -0.3 is 10.8 Å². The molecule has 2 nitrogen and oxygen atoms in total. The second-order valence-corrected chi connectivity index (χ2v) is 5.97. The van der Waals surface area contributed by atoms with Crippen molar-refractivity contribution in [2.24, 2.45) is 5.73 Å². The summed E-state index contributed by atoms with van der Waals surface area (Å²) < 4.78 is 0. The summed E-state index contributed by atoms with van der Waals surface area (Å²) in [5.41, 5.74) is 5.62. The molecule has 0 aliphatic carbocycles. The Balaban J connectivity index is 3.06. The van der Waals surface area contributed by atoms with Crippen LogP contribution in [0.3, 0.4) is 0 Å². The molecule has 0 amide bonds. The molecule has 0 saturated carbocycles. The Morgan fingerprint density at radius 1 is 0.800 bits per heavy atom. The van der Waals surface area contributed by atoms with Crippen molar-refractivity contribution in [1.82, 2.24) is 0 Å². The maximum absolute atomic E-state index is 8.78. The van der Waals surface area contributed by atoms with Crippen LogP contribution in [0.2, 0.25) is 0 Å². The van der Waals surface area contributed by atoms with Gasteiger partial charge in [0.2, 0.25) is 0 Å². The molecule has 3 N–H and O–H groups in total. The molecular formula is C18H37NO. The maximum atomic E-state index is 8.78. The van der Waals surface area contributed by atoms with Crippen molar-refractivity contribution >= 4 is 0 Å². The molecule has 0 rings (SSSR count). The third kappa shape index (κ3) is 15.7. The second-order valence-electron chi connectivity index (χ2n) is 5.97. The summed E-state index contributed by atoms with van der Waals surface area (Å²) in [4.78, 5) is 0. The maximum Gasteiger partial charge on any atom is 0.0585 e. The molecule has 0 unspecified atom stereocenters. The fourth-order valence-corrected chi connectivity index (χ4v) is 2.39. The lowest BCUT2D eigenvalue weighted by Crippen LogP contribution is -2.22. The second kappa shape index (κ2) is 16.7. The van der Waals surface area contributed by atoms with E-state index in [1.54, 1.807) is 0 Å². The average molecular weight is 284 g/mol. The van der Waals surface area contributed by atoms with Gasteiger partial charge in [-0.2, -0.15) is 0 Å². The van der Waals surface area contributed by atoms with Crippen LogP contribution in [0.1, 0.15) is 90.4 Å². The van der Waals surface area contributed by atoms with Crippen molar-refractivity contribution in [3.05, 3.63) is 12.2 Å². The van der Waals surface area contributed by atoms with Crippen molar-refractivity contribution in [3.63, 3.8) is 0 Å². The van der Waals surface area contributed by atoms with E-state index in [0.717, 1.165) is 12.8 Å². The highest BCUT2D eigenvalue weighted by atomic mass is 16.3. The lowest BCUT2D eigenvalue weighted by atomic mass is 10.1. The number of unbranched alkanes of at least 4 members (excludes halogenated alkanes) is 11. The zero-order valence-corrected chi connectivity index (χ0v) is 13.7. The van der Waals surface area contributed by atoms with Crippen molar-refractivity contribution in [2.45, 2.75) is 96.4 Å². The first-order valence-corrected chi connectivity index (χ1v) is 8.82. The summed E-state index contributed by atoms with van der Waals surface area (Å²) in [6.07, 6.45) is 21.7. The molecule has 0 aromatic rings. The van der Waals surface area contributed by atoms with Gasteiger partial charge >= 0.3 is 0 Å². The highest BCUT2D eigenvalue weighted by Gasteiger charge is 1.95. The summed E-state index contributed by atoms with van der Waals surface area (Å²) in [6.45, 7) is 2.36. The first-order chi connectivity index (χ1) is 9.81. The Hall–Kier alpha value is -0.340. The monoisotopic (exact) mass is 283 g/mol. The molecule has 20 heavy (non-hydrogen) atoms. The van der Waals surface area contributed by atoms with Crippen molar-refractivity contribution in [2.75, 3.05) is 6.61 Å². The van der Waals surface area contributed by atoms with Gasteiger partial charge in [0.25, 0.3) is 0 Å². The predicted octanol–water partition coefficient (Wildman–Crippen LogP) is 4.95. The van der Waals surface area contributed by atoms with Crippen LogP contribution in [0.4, 0.5) is 0 Å². The molecule has 0 aromatic carbocycles. The average Bonchev–Trinajstić information content (AvgIpc) is 2.47. The molecule has 1 atom stereocenters. The Kier molecular flexibility index (Phi) is 16.4. The summed E-state index contributed by atoms with van der Waals surface area (Å²) in [7, 11) is 0. The van der Waals surface area contributed by atoms with Gasteiger partial charge in [0, 0.05) is 6.04 Å². The predicted molar refractivity (Wildman–Crippen MR) is 89.9 cm³/mol. The quantitative estimate of drug-likeness (QED) is 0.330. The number of allylic oxidation sites excluding steroid dienone is 1. The van der Waals surface area contributed by atoms with Crippen molar-refractivity contribution in [1.29, 1.82) is 0 Å². The third-order valence-corrected chi connectivity index (χ3v) is 3.81. The minimum absolute atomic E-state index is 0.0800. The van der Waals surface area contributed by atoms with Crippen LogP contribution in [0.25, 0.3) is 0 Å². The molecule has 0 bridgehead atoms. The number of aliphatic hydroxyl groups excluding tert-OH is 1. The molecule has 0 saturated heterocycles. The number of rotatable bonds is 15. The van der Waals surface area contributed by atoms with E-state index in [-0.39, 0.29) is 12.6 Å². The number of aliphatic hydroxyl groups is 1. The molecule has 0 aromatic heterocycles. The molecule has 0 fully saturated rings. The lowest BCUT2D eigenvalue weighted by Gasteiger charge is -2.03. The smallest absolute Gasteiger partial charge is 0.0585 e. The highest BCUT2D eigenvalue weighted by Crippen LogP contribution is 2.12. The molecule has 0 heterocycles. The standard InChI is InChI=1S/C18H37NO/c1-2-3-4-5-6-7-8-9-10-11-12-13-14-15-16-18(19)17-20/h14-15,18,20H,2-13,16-17,19H2,1H3/b15-14+/t18-/m1/s1. The zero-order valence-electron chi connectivity index (χ0n) is 13.7. The first kappa shape index (κ1) is 19.7. The lowest BCUT2D eigenvalue weighted by molar-refractivity contribution is 0.266. The molecular weight excluding hydrogens is 246 g/mol. The Labute approximate surface area is 126 Å². The molecule has 0 aliphatic heterocycles. The number of hydrogen-bond donors (Lipinski definition) is 2. The van der Waals surface area contributed by atoms with Gasteiger partial charge in [0.05, 0.1) is 6.61 Å². The van der Waals surface area contributed by atoms with Crippen LogP contribution in [0.5, 0.6) is 0 Å². The fraction of sp³-hybridized carbons (Fsp3) is 0.889. The first-order valence-electron chi connectivity index (χ1n) is 8.82. The van der Waals surface area contributed by atoms with Crippen LogP contribution >= 0.6 is 0 Å². The minimum Gasteiger partial charge on any atom is -0.395 e. The van der Waals surface area contributed by atoms with E-state index < -0.39 is 0 Å². The van der Waals surface area contributed by atoms with Crippen molar-refractivity contribution in [3.8, 4) is 0 Å². The SMILES string of the molecule is CCCCCCCCCCCCC/C=C/C[C@@H](N)CO. The number of nitrogens with two attached hydrogens (primary N) is 1. The topological polar surface area (TPSA) is 46.2 Å². The van der Waals surface area contributed by atoms with Gasteiger partial charge in [-0.25, -0.2) is 0 Å². The van der Waals surface area contributed by atoms with E-state index in [1.165, 1.54) is 70.6 Å². The third-order valence-electron chi connectivity index (χ3n) is 3.81. The number of hydrogen-bond acceptors (Lipinski definition) is 2. The summed E-state index contributed by atoms with van der Waals surface area (Å²) in [6, 6.07) is -0.0800. The van der Waals surface area contributed by atoms with E-state index in [2.05, 4.69) is 19.1 Å². The van der Waals surface area contributed by atoms with Crippen LogP contribution in [0.15, 0.2) is 12.2 Å². The minimum atomic E-state index is -0.0800. The van der Waals surface area contributed by atoms with Gasteiger partial charge in [-0.15, -0.1) is 0 Å². The van der Waals surface area contributed by atoms with Crippen LogP contribution in [-0.2, 0) is 0 Å². The summed E-state index contributed by atoms with van der Waals surface area (Å²) in [5, 5.41) is 8.78. The highest BCUT2D eigenvalue weighted by molar-refractivity contribution is 4.85. The summed E-state index contributed by atoms with van der Waals surface area (Å²) in [5.74, 6) is 0. The molecule has 120 valence electrons. The molecule has 0 aliphatic rings. The Bertz CT molecular complexity index is 204. The fourth-order valence-electron chi connectivity index (χ4n) is 2.39. The van der Waals surface area contributed by atoms with Crippen molar-refractivity contribution < 1.29 is 5.11 Å². The van der Waals surface area contributed by atoms with E-state index in [1.807, 2.05) is 0 Å². The van der Waals surface area contributed by atoms with Gasteiger partial charge in [-0.05, 0) is 19.3 Å². The van der Waals surface area contributed by atoms with Gasteiger partial charge in [-0.1, -0.05) is 83.3 Å². The van der Waals surface area contributed by atoms with Crippen LogP contribution in [0, 0.1) is 0 Å². The van der Waals surface area contributed by atoms with Gasteiger partial charge in [-0.3, -0.25) is 0 Å². The zero-order chi connectivity index (χ0) is 14.9. The molecule has 0 radical (unpaired) electrons. The van der Waals surface area contributed by atoms with E-state index in [4.69, 9.17) is 10.8 Å². The van der Waals surface area contributed by atoms with Gasteiger partial charge in [0.1, 0.15) is 0 Å². The Morgan fingerprint density at radius 2 is 1.30 bits per heavy atom. The van der Waals surface area contributed by atoms with E-state index >= 15 is 0 Å². The molecule has 2 heteroatoms. The largest absolute Gasteiger partial charge is 0.395 e. The van der Waals surface area contributed by atoms with Crippen LogP contribution < -0.4 is 5.73 Å². The normalized spacial score (nSPS) is 13.2. The Morgan fingerprint density at radius 3 is 1.80 bits per heavy atom.